The van der Waals surface area contributed by atoms with Crippen LogP contribution >= 0.6 is 11.6 Å². The maximum atomic E-state index is 13.5. The third-order valence-electron chi connectivity index (χ3n) is 5.68. The largest absolute Gasteiger partial charge is 0.322 e. The van der Waals surface area contributed by atoms with Gasteiger partial charge in [0.15, 0.2) is 0 Å². The summed E-state index contributed by atoms with van der Waals surface area (Å²) in [6.07, 6.45) is 0. The summed E-state index contributed by atoms with van der Waals surface area (Å²) in [5.74, 6) is -0.613. The Bertz CT molecular complexity index is 1460. The minimum Gasteiger partial charge on any atom is -0.322 e. The van der Waals surface area contributed by atoms with Gasteiger partial charge in [0.1, 0.15) is 5.82 Å². The fraction of sp³-hybridized carbons (Fsp3) is 0.107. The first-order valence-corrected chi connectivity index (χ1v) is 13.0. The van der Waals surface area contributed by atoms with Gasteiger partial charge in [-0.2, -0.15) is 4.31 Å². The molecule has 0 saturated heterocycles. The number of anilines is 1. The van der Waals surface area contributed by atoms with Crippen LogP contribution in [-0.2, 0) is 23.1 Å². The number of carbonyl (C=O) groups excluding carboxylic acids is 1. The number of nitrogens with zero attached hydrogens (tertiary/aromatic N) is 1. The lowest BCUT2D eigenvalue weighted by molar-refractivity contribution is 0.102. The molecule has 0 aliphatic heterocycles. The molecule has 8 heteroatoms. The molecule has 0 spiro atoms. The van der Waals surface area contributed by atoms with Crippen molar-refractivity contribution in [1.82, 2.24) is 4.31 Å². The molecular formula is C28H24ClFN2O3S. The molecule has 4 aromatic rings. The van der Waals surface area contributed by atoms with Crippen molar-refractivity contribution in [2.45, 2.75) is 24.9 Å². The molecule has 0 aliphatic rings. The van der Waals surface area contributed by atoms with Gasteiger partial charge in [-0.15, -0.1) is 0 Å². The van der Waals surface area contributed by atoms with Crippen LogP contribution in [0.2, 0.25) is 5.02 Å². The molecule has 0 saturated carbocycles. The second-order valence-electron chi connectivity index (χ2n) is 8.32. The Morgan fingerprint density at radius 2 is 1.39 bits per heavy atom. The highest BCUT2D eigenvalue weighted by Crippen LogP contribution is 2.24. The summed E-state index contributed by atoms with van der Waals surface area (Å²) in [6.45, 7) is 2.00. The van der Waals surface area contributed by atoms with Gasteiger partial charge in [-0.05, 0) is 78.2 Å². The molecule has 0 atom stereocenters. The lowest BCUT2D eigenvalue weighted by Crippen LogP contribution is -2.30. The Kier molecular flexibility index (Phi) is 7.84. The highest BCUT2D eigenvalue weighted by atomic mass is 35.5. The zero-order chi connectivity index (χ0) is 25.7. The van der Waals surface area contributed by atoms with E-state index >= 15 is 0 Å². The topological polar surface area (TPSA) is 66.5 Å². The standard InChI is InChI=1S/C28H24ClFN2O3S/c1-20-4-2-3-5-27(20)28(33)31-25-14-8-22(9-15-25)19-32(18-21-6-12-24(30)13-7-21)36(34,35)26-16-10-23(29)11-17-26/h2-17H,18-19H2,1H3,(H,31,33). The number of aryl methyl sites for hydroxylation is 1. The van der Waals surface area contributed by atoms with E-state index in [1.165, 1.54) is 40.7 Å². The Hall–Kier alpha value is -3.52. The monoisotopic (exact) mass is 522 g/mol. The normalized spacial score (nSPS) is 11.4. The van der Waals surface area contributed by atoms with E-state index in [-0.39, 0.29) is 23.9 Å². The van der Waals surface area contributed by atoms with E-state index < -0.39 is 15.8 Å². The number of sulfonamides is 1. The van der Waals surface area contributed by atoms with Gasteiger partial charge < -0.3 is 5.32 Å². The Labute approximate surface area is 215 Å². The number of hydrogen-bond donors (Lipinski definition) is 1. The van der Waals surface area contributed by atoms with E-state index in [0.29, 0.717) is 21.8 Å². The number of hydrogen-bond acceptors (Lipinski definition) is 3. The van der Waals surface area contributed by atoms with Crippen molar-refractivity contribution in [2.75, 3.05) is 5.32 Å². The number of nitrogens with one attached hydrogen (secondary N) is 1. The molecule has 184 valence electrons. The molecule has 4 rings (SSSR count). The van der Waals surface area contributed by atoms with Gasteiger partial charge in [-0.25, -0.2) is 12.8 Å². The number of halogens is 2. The van der Waals surface area contributed by atoms with Gasteiger partial charge in [0.05, 0.1) is 4.90 Å². The van der Waals surface area contributed by atoms with Gasteiger partial charge in [-0.3, -0.25) is 4.79 Å². The van der Waals surface area contributed by atoms with Gasteiger partial charge in [0.2, 0.25) is 10.0 Å². The second-order valence-corrected chi connectivity index (χ2v) is 10.7. The molecule has 5 nitrogen and oxygen atoms in total. The van der Waals surface area contributed by atoms with Crippen LogP contribution in [-0.4, -0.2) is 18.6 Å². The SMILES string of the molecule is Cc1ccccc1C(=O)Nc1ccc(CN(Cc2ccc(F)cc2)S(=O)(=O)c2ccc(Cl)cc2)cc1. The summed E-state index contributed by atoms with van der Waals surface area (Å²) in [5, 5.41) is 3.30. The summed E-state index contributed by atoms with van der Waals surface area (Å²) in [5.41, 5.74) is 3.42. The highest BCUT2D eigenvalue weighted by molar-refractivity contribution is 7.89. The second kappa shape index (κ2) is 11.0. The number of rotatable bonds is 8. The van der Waals surface area contributed by atoms with E-state index in [1.807, 2.05) is 25.1 Å². The molecule has 0 aromatic heterocycles. The maximum Gasteiger partial charge on any atom is 0.255 e. The van der Waals surface area contributed by atoms with Gasteiger partial charge >= 0.3 is 0 Å². The van der Waals surface area contributed by atoms with Crippen LogP contribution in [0.4, 0.5) is 10.1 Å². The van der Waals surface area contributed by atoms with Crippen molar-refractivity contribution in [2.24, 2.45) is 0 Å². The lowest BCUT2D eigenvalue weighted by atomic mass is 10.1. The van der Waals surface area contributed by atoms with Gasteiger partial charge in [0, 0.05) is 29.4 Å². The molecule has 0 radical (unpaired) electrons. The first kappa shape index (κ1) is 25.6. The summed E-state index contributed by atoms with van der Waals surface area (Å²) in [6, 6.07) is 26.0. The maximum absolute atomic E-state index is 13.5. The van der Waals surface area contributed by atoms with E-state index in [2.05, 4.69) is 5.32 Å². The zero-order valence-electron chi connectivity index (χ0n) is 19.5. The number of amides is 1. The van der Waals surface area contributed by atoms with Crippen LogP contribution in [0.1, 0.15) is 27.0 Å². The summed E-state index contributed by atoms with van der Waals surface area (Å²) >= 11 is 5.94. The zero-order valence-corrected chi connectivity index (χ0v) is 21.1. The molecule has 0 unspecified atom stereocenters. The average molecular weight is 523 g/mol. The molecule has 1 N–H and O–H groups in total. The van der Waals surface area contributed by atoms with Crippen LogP contribution in [0.3, 0.4) is 0 Å². The highest BCUT2D eigenvalue weighted by Gasteiger charge is 2.25. The van der Waals surface area contributed by atoms with Crippen molar-refractivity contribution >= 4 is 33.2 Å². The fourth-order valence-electron chi connectivity index (χ4n) is 3.70. The van der Waals surface area contributed by atoms with E-state index in [1.54, 1.807) is 42.5 Å². The fourth-order valence-corrected chi connectivity index (χ4v) is 5.24. The third-order valence-corrected chi connectivity index (χ3v) is 7.74. The first-order valence-electron chi connectivity index (χ1n) is 11.2. The molecular weight excluding hydrogens is 499 g/mol. The molecule has 0 fully saturated rings. The van der Waals surface area contributed by atoms with Crippen molar-refractivity contribution in [3.63, 3.8) is 0 Å². The van der Waals surface area contributed by atoms with E-state index in [0.717, 1.165) is 11.1 Å². The van der Waals surface area contributed by atoms with Crippen LogP contribution in [0.25, 0.3) is 0 Å². The summed E-state index contributed by atoms with van der Waals surface area (Å²) in [7, 11) is -3.88. The molecule has 36 heavy (non-hydrogen) atoms. The third kappa shape index (κ3) is 6.18. The summed E-state index contributed by atoms with van der Waals surface area (Å²) < 4.78 is 41.7. The van der Waals surface area contributed by atoms with Crippen molar-refractivity contribution < 1.29 is 17.6 Å². The first-order chi connectivity index (χ1) is 17.2. The molecule has 1 amide bonds. The average Bonchev–Trinajstić information content (AvgIpc) is 2.86. The molecule has 0 aliphatic carbocycles. The van der Waals surface area contributed by atoms with Crippen molar-refractivity contribution in [3.8, 4) is 0 Å². The van der Waals surface area contributed by atoms with Crippen LogP contribution in [0, 0.1) is 12.7 Å². The number of benzene rings is 4. The molecule has 0 bridgehead atoms. The van der Waals surface area contributed by atoms with Gasteiger partial charge in [-0.1, -0.05) is 54.1 Å². The van der Waals surface area contributed by atoms with Crippen LogP contribution in [0.15, 0.2) is 102 Å². The van der Waals surface area contributed by atoms with Crippen LogP contribution in [0.5, 0.6) is 0 Å². The Morgan fingerprint density at radius 3 is 1.97 bits per heavy atom. The lowest BCUT2D eigenvalue weighted by Gasteiger charge is -2.23. The van der Waals surface area contributed by atoms with E-state index in [4.69, 9.17) is 11.6 Å². The van der Waals surface area contributed by atoms with Gasteiger partial charge in [0.25, 0.3) is 5.91 Å². The van der Waals surface area contributed by atoms with Crippen molar-refractivity contribution in [3.05, 3.63) is 130 Å². The quantitative estimate of drug-likeness (QED) is 0.290. The molecule has 0 heterocycles. The van der Waals surface area contributed by atoms with Crippen molar-refractivity contribution in [1.29, 1.82) is 0 Å². The predicted octanol–water partition coefficient (Wildman–Crippen LogP) is 6.43. The summed E-state index contributed by atoms with van der Waals surface area (Å²) in [4.78, 5) is 12.7. The van der Waals surface area contributed by atoms with E-state index in [9.17, 15) is 17.6 Å². The Balaban J connectivity index is 1.56. The van der Waals surface area contributed by atoms with Crippen LogP contribution < -0.4 is 5.32 Å². The molecule has 4 aromatic carbocycles. The minimum atomic E-state index is -3.88. The number of carbonyl (C=O) groups is 1. The smallest absolute Gasteiger partial charge is 0.255 e. The predicted molar refractivity (Wildman–Crippen MR) is 140 cm³/mol. The minimum absolute atomic E-state index is 0.0526. The Morgan fingerprint density at radius 1 is 0.833 bits per heavy atom.